The van der Waals surface area contributed by atoms with Crippen molar-refractivity contribution in [1.29, 1.82) is 0 Å². The summed E-state index contributed by atoms with van der Waals surface area (Å²) in [7, 11) is 0. The average molecular weight is 399 g/mol. The Hall–Kier alpha value is -2.91. The Morgan fingerprint density at radius 3 is 2.29 bits per heavy atom. The molecule has 150 valence electrons. The molecule has 1 fully saturated rings. The number of alkyl halides is 3. The molecule has 1 aromatic carbocycles. The van der Waals surface area contributed by atoms with E-state index in [1.54, 1.807) is 0 Å². The van der Waals surface area contributed by atoms with Gasteiger partial charge in [-0.3, -0.25) is 9.59 Å². The second-order valence-corrected chi connectivity index (χ2v) is 6.63. The maximum Gasteiger partial charge on any atom is 0.434 e. The Bertz CT molecular complexity index is 869. The minimum absolute atomic E-state index is 0.0204. The number of hydrogen-bond donors (Lipinski definition) is 1. The van der Waals surface area contributed by atoms with Crippen molar-refractivity contribution in [1.82, 2.24) is 14.7 Å². The highest BCUT2D eigenvalue weighted by Gasteiger charge is 2.41. The lowest BCUT2D eigenvalue weighted by Crippen LogP contribution is -2.39. The number of nitrogens with zero attached hydrogens (tertiary/aromatic N) is 3. The van der Waals surface area contributed by atoms with E-state index in [9.17, 15) is 27.2 Å². The second kappa shape index (κ2) is 7.61. The van der Waals surface area contributed by atoms with Gasteiger partial charge in [-0.05, 0) is 43.0 Å². The van der Waals surface area contributed by atoms with Crippen molar-refractivity contribution >= 4 is 11.9 Å². The molecule has 0 aliphatic carbocycles. The van der Waals surface area contributed by atoms with Gasteiger partial charge in [0.2, 0.25) is 0 Å². The standard InChI is InChI=1S/C18H17F4N3O3/c19-12-1-3-13(4-2-12)25-16(18(20,21)22)14(10-23-25)17(28)24-7-5-11(6-8-24)9-15(26)27/h1-4,10-11H,5-9H2,(H,26,27). The molecule has 1 saturated heterocycles. The van der Waals surface area contributed by atoms with E-state index in [4.69, 9.17) is 5.11 Å². The van der Waals surface area contributed by atoms with Crippen molar-refractivity contribution in [3.63, 3.8) is 0 Å². The van der Waals surface area contributed by atoms with Crippen molar-refractivity contribution in [2.24, 2.45) is 5.92 Å². The number of rotatable bonds is 4. The highest BCUT2D eigenvalue weighted by atomic mass is 19.4. The molecule has 1 aliphatic heterocycles. The van der Waals surface area contributed by atoms with Gasteiger partial charge in [-0.15, -0.1) is 0 Å². The summed E-state index contributed by atoms with van der Waals surface area (Å²) in [6.07, 6.45) is -3.20. The van der Waals surface area contributed by atoms with Crippen LogP contribution in [0, 0.1) is 11.7 Å². The number of hydrogen-bond acceptors (Lipinski definition) is 3. The van der Waals surface area contributed by atoms with Crippen molar-refractivity contribution in [3.05, 3.63) is 47.5 Å². The largest absolute Gasteiger partial charge is 0.481 e. The lowest BCUT2D eigenvalue weighted by Gasteiger charge is -2.31. The predicted molar refractivity (Wildman–Crippen MR) is 89.4 cm³/mol. The molecular formula is C18H17F4N3O3. The second-order valence-electron chi connectivity index (χ2n) is 6.63. The van der Waals surface area contributed by atoms with Gasteiger partial charge in [0.05, 0.1) is 17.4 Å². The lowest BCUT2D eigenvalue weighted by molar-refractivity contribution is -0.143. The van der Waals surface area contributed by atoms with Gasteiger partial charge in [0, 0.05) is 19.5 Å². The fraction of sp³-hybridized carbons (Fsp3) is 0.389. The number of amides is 1. The maximum atomic E-state index is 13.7. The molecule has 0 unspecified atom stereocenters. The Morgan fingerprint density at radius 2 is 1.75 bits per heavy atom. The Kier molecular flexibility index (Phi) is 5.39. The van der Waals surface area contributed by atoms with E-state index >= 15 is 0 Å². The third kappa shape index (κ3) is 4.15. The fourth-order valence-electron chi connectivity index (χ4n) is 3.31. The summed E-state index contributed by atoms with van der Waals surface area (Å²) in [5.41, 5.74) is -1.83. The molecule has 0 spiro atoms. The van der Waals surface area contributed by atoms with Crippen LogP contribution in [0.2, 0.25) is 0 Å². The van der Waals surface area contributed by atoms with Gasteiger partial charge in [-0.25, -0.2) is 9.07 Å². The van der Waals surface area contributed by atoms with E-state index in [-0.39, 0.29) is 31.1 Å². The number of carbonyl (C=O) groups is 2. The number of carboxylic acid groups (broad SMARTS) is 1. The van der Waals surface area contributed by atoms with Gasteiger partial charge < -0.3 is 10.0 Å². The molecule has 0 bridgehead atoms. The quantitative estimate of drug-likeness (QED) is 0.800. The zero-order valence-electron chi connectivity index (χ0n) is 14.6. The van der Waals surface area contributed by atoms with Crippen LogP contribution in [-0.2, 0) is 11.0 Å². The number of piperidine rings is 1. The van der Waals surface area contributed by atoms with E-state index in [0.29, 0.717) is 17.5 Å². The molecule has 1 aliphatic rings. The lowest BCUT2D eigenvalue weighted by atomic mass is 9.93. The summed E-state index contributed by atoms with van der Waals surface area (Å²) in [5, 5.41) is 12.5. The van der Waals surface area contributed by atoms with Crippen molar-refractivity contribution in [2.75, 3.05) is 13.1 Å². The van der Waals surface area contributed by atoms with Crippen molar-refractivity contribution in [2.45, 2.75) is 25.4 Å². The number of benzene rings is 1. The first kappa shape index (κ1) is 19.8. The maximum absolute atomic E-state index is 13.7. The van der Waals surface area contributed by atoms with Crippen LogP contribution in [0.4, 0.5) is 17.6 Å². The fourth-order valence-corrected chi connectivity index (χ4v) is 3.31. The van der Waals surface area contributed by atoms with E-state index in [1.807, 2.05) is 0 Å². The molecule has 1 amide bonds. The number of carboxylic acids is 1. The van der Waals surface area contributed by atoms with Crippen LogP contribution >= 0.6 is 0 Å². The SMILES string of the molecule is O=C(O)CC1CCN(C(=O)c2cnn(-c3ccc(F)cc3)c2C(F)(F)F)CC1. The Morgan fingerprint density at radius 1 is 1.14 bits per heavy atom. The first-order valence-corrected chi connectivity index (χ1v) is 8.59. The van der Waals surface area contributed by atoms with Crippen LogP contribution in [0.15, 0.2) is 30.5 Å². The molecule has 0 radical (unpaired) electrons. The Balaban J connectivity index is 1.87. The number of aromatic nitrogens is 2. The van der Waals surface area contributed by atoms with Gasteiger partial charge in [-0.1, -0.05) is 0 Å². The van der Waals surface area contributed by atoms with Crippen molar-refractivity contribution in [3.8, 4) is 5.69 Å². The van der Waals surface area contributed by atoms with E-state index < -0.39 is 35.1 Å². The highest BCUT2D eigenvalue weighted by molar-refractivity contribution is 5.95. The first-order chi connectivity index (χ1) is 13.2. The average Bonchev–Trinajstić information content (AvgIpc) is 3.07. The molecule has 28 heavy (non-hydrogen) atoms. The van der Waals surface area contributed by atoms with Gasteiger partial charge in [0.1, 0.15) is 5.82 Å². The van der Waals surface area contributed by atoms with Gasteiger partial charge in [0.25, 0.3) is 5.91 Å². The first-order valence-electron chi connectivity index (χ1n) is 8.59. The van der Waals surface area contributed by atoms with Gasteiger partial charge >= 0.3 is 12.1 Å². The highest BCUT2D eigenvalue weighted by Crippen LogP contribution is 2.35. The molecule has 0 atom stereocenters. The van der Waals surface area contributed by atoms with Crippen LogP contribution in [0.25, 0.3) is 5.69 Å². The number of halogens is 4. The van der Waals surface area contributed by atoms with Gasteiger partial charge in [-0.2, -0.15) is 18.3 Å². The van der Waals surface area contributed by atoms with Crippen LogP contribution in [-0.4, -0.2) is 44.8 Å². The molecule has 10 heteroatoms. The third-order valence-electron chi connectivity index (χ3n) is 4.70. The van der Waals surface area contributed by atoms with Crippen LogP contribution < -0.4 is 0 Å². The number of carbonyl (C=O) groups excluding carboxylic acids is 1. The molecule has 3 rings (SSSR count). The normalized spacial score (nSPS) is 15.6. The van der Waals surface area contributed by atoms with Crippen LogP contribution in [0.3, 0.4) is 0 Å². The molecule has 2 heterocycles. The van der Waals surface area contributed by atoms with E-state index in [0.717, 1.165) is 30.5 Å². The van der Waals surface area contributed by atoms with E-state index in [1.165, 1.54) is 4.90 Å². The number of aliphatic carboxylic acids is 1. The summed E-state index contributed by atoms with van der Waals surface area (Å²) < 4.78 is 54.7. The van der Waals surface area contributed by atoms with Crippen molar-refractivity contribution < 1.29 is 32.3 Å². The van der Waals surface area contributed by atoms with Gasteiger partial charge in [0.15, 0.2) is 5.69 Å². The minimum atomic E-state index is -4.85. The molecule has 1 aromatic heterocycles. The zero-order valence-corrected chi connectivity index (χ0v) is 14.6. The molecular weight excluding hydrogens is 382 g/mol. The van der Waals surface area contributed by atoms with E-state index in [2.05, 4.69) is 5.10 Å². The number of likely N-dealkylation sites (tertiary alicyclic amines) is 1. The molecule has 6 nitrogen and oxygen atoms in total. The summed E-state index contributed by atoms with van der Waals surface area (Å²) in [6, 6.07) is 4.30. The predicted octanol–water partition coefficient (Wildman–Crippen LogP) is 3.36. The minimum Gasteiger partial charge on any atom is -0.481 e. The summed E-state index contributed by atoms with van der Waals surface area (Å²) in [5.74, 6) is -2.46. The third-order valence-corrected chi connectivity index (χ3v) is 4.70. The molecule has 0 saturated carbocycles. The summed E-state index contributed by atoms with van der Waals surface area (Å²) in [6.45, 7) is 0.353. The molecule has 2 aromatic rings. The topological polar surface area (TPSA) is 75.4 Å². The smallest absolute Gasteiger partial charge is 0.434 e. The van der Waals surface area contributed by atoms with Crippen LogP contribution in [0.5, 0.6) is 0 Å². The summed E-state index contributed by atoms with van der Waals surface area (Å²) >= 11 is 0. The zero-order chi connectivity index (χ0) is 20.5. The Labute approximate surface area is 157 Å². The monoisotopic (exact) mass is 399 g/mol. The summed E-state index contributed by atoms with van der Waals surface area (Å²) in [4.78, 5) is 24.7. The molecule has 1 N–H and O–H groups in total. The van der Waals surface area contributed by atoms with Crippen LogP contribution in [0.1, 0.15) is 35.3 Å².